The van der Waals surface area contributed by atoms with E-state index in [9.17, 15) is 31.5 Å². The van der Waals surface area contributed by atoms with Crippen LogP contribution in [0.3, 0.4) is 0 Å². The van der Waals surface area contributed by atoms with E-state index in [2.05, 4.69) is 0 Å². The van der Waals surface area contributed by atoms with Gasteiger partial charge in [-0.15, -0.1) is 0 Å². The summed E-state index contributed by atoms with van der Waals surface area (Å²) >= 11 is 0. The first kappa shape index (κ1) is 20.7. The van der Waals surface area contributed by atoms with Crippen molar-refractivity contribution in [1.29, 1.82) is 0 Å². The second-order valence-electron chi connectivity index (χ2n) is 6.60. The van der Waals surface area contributed by atoms with Gasteiger partial charge >= 0.3 is 12.1 Å². The summed E-state index contributed by atoms with van der Waals surface area (Å²) in [5.74, 6) is -3.34. The number of carboxylic acids is 1. The molecule has 0 aliphatic carbocycles. The van der Waals surface area contributed by atoms with Gasteiger partial charge in [-0.1, -0.05) is 30.3 Å². The first-order valence-corrected chi connectivity index (χ1v) is 10.1. The first-order chi connectivity index (χ1) is 13.4. The normalized spacial score (nSPS) is 12.4. The Bertz CT molecular complexity index is 1200. The summed E-state index contributed by atoms with van der Waals surface area (Å²) in [7, 11) is -4.68. The Morgan fingerprint density at radius 2 is 1.76 bits per heavy atom. The number of nitrogen functional groups attached to an aromatic ring is 1. The number of nitrogens with two attached hydrogens (primary N) is 1. The molecule has 0 saturated carbocycles. The van der Waals surface area contributed by atoms with Crippen LogP contribution in [0.5, 0.6) is 0 Å². The highest BCUT2D eigenvalue weighted by molar-refractivity contribution is 7.91. The summed E-state index contributed by atoms with van der Waals surface area (Å²) in [5, 5.41) is 9.74. The summed E-state index contributed by atoms with van der Waals surface area (Å²) in [6.07, 6.45) is -4.91. The van der Waals surface area contributed by atoms with Crippen molar-refractivity contribution < 1.29 is 31.5 Å². The van der Waals surface area contributed by atoms with Gasteiger partial charge in [0.05, 0.1) is 16.1 Å². The average molecular weight is 426 g/mol. The first-order valence-electron chi connectivity index (χ1n) is 8.40. The molecule has 0 fully saturated rings. The Labute approximate surface area is 164 Å². The lowest BCUT2D eigenvalue weighted by molar-refractivity contribution is -0.106. The van der Waals surface area contributed by atoms with Crippen LogP contribution in [0.2, 0.25) is 0 Å². The number of aryl methyl sites for hydroxylation is 1. The van der Waals surface area contributed by atoms with E-state index < -0.39 is 32.6 Å². The third kappa shape index (κ3) is 3.93. The number of nitrogens with zero attached hydrogens (tertiary/aromatic N) is 1. The highest BCUT2D eigenvalue weighted by Crippen LogP contribution is 2.36. The SMILES string of the molecule is Cc1c(S(=O)(=O)CC(F)(F)F)ccc2c1c(N)c(C(=O)O)n2Cc1ccccc1. The van der Waals surface area contributed by atoms with Gasteiger partial charge in [-0.2, -0.15) is 13.2 Å². The van der Waals surface area contributed by atoms with Crippen molar-refractivity contribution in [3.63, 3.8) is 0 Å². The van der Waals surface area contributed by atoms with Crippen molar-refractivity contribution in [3.8, 4) is 0 Å². The monoisotopic (exact) mass is 426 g/mol. The van der Waals surface area contributed by atoms with E-state index in [1.54, 1.807) is 30.3 Å². The molecule has 3 N–H and O–H groups in total. The van der Waals surface area contributed by atoms with E-state index in [1.165, 1.54) is 17.6 Å². The molecule has 6 nitrogen and oxygen atoms in total. The number of sulfone groups is 1. The minimum atomic E-state index is -4.91. The Hall–Kier alpha value is -3.01. The predicted molar refractivity (Wildman–Crippen MR) is 102 cm³/mol. The zero-order valence-corrected chi connectivity index (χ0v) is 16.0. The predicted octanol–water partition coefficient (Wildman–Crippen LogP) is 3.61. The fourth-order valence-electron chi connectivity index (χ4n) is 3.42. The van der Waals surface area contributed by atoms with Gasteiger partial charge in [-0.3, -0.25) is 0 Å². The molecule has 1 aromatic heterocycles. The van der Waals surface area contributed by atoms with Crippen molar-refractivity contribution in [1.82, 2.24) is 4.57 Å². The van der Waals surface area contributed by atoms with Gasteiger partial charge in [0.1, 0.15) is 0 Å². The zero-order chi connectivity index (χ0) is 21.6. The Balaban J connectivity index is 2.26. The highest BCUT2D eigenvalue weighted by Gasteiger charge is 2.37. The molecule has 1 heterocycles. The molecule has 3 aromatic rings. The number of rotatable bonds is 5. The Morgan fingerprint density at radius 1 is 1.14 bits per heavy atom. The number of carbonyl (C=O) groups is 1. The molecule has 3 rings (SSSR count). The van der Waals surface area contributed by atoms with E-state index in [0.717, 1.165) is 11.6 Å². The number of halogens is 3. The molecule has 0 saturated heterocycles. The van der Waals surface area contributed by atoms with Crippen molar-refractivity contribution >= 4 is 32.4 Å². The van der Waals surface area contributed by atoms with Crippen LogP contribution < -0.4 is 5.73 Å². The maximum absolute atomic E-state index is 12.7. The Kier molecular flexibility index (Phi) is 5.08. The molecule has 0 spiro atoms. The number of fused-ring (bicyclic) bond motifs is 1. The summed E-state index contributed by atoms with van der Waals surface area (Å²) in [5.41, 5.74) is 6.66. The van der Waals surface area contributed by atoms with Gasteiger partial charge in [-0.05, 0) is 30.2 Å². The Morgan fingerprint density at radius 3 is 2.31 bits per heavy atom. The largest absolute Gasteiger partial charge is 0.477 e. The molecular weight excluding hydrogens is 409 g/mol. The van der Waals surface area contributed by atoms with E-state index in [1.807, 2.05) is 0 Å². The number of alkyl halides is 3. The quantitative estimate of drug-likeness (QED) is 0.649. The van der Waals surface area contributed by atoms with Gasteiger partial charge in [0, 0.05) is 11.9 Å². The molecule has 0 unspecified atom stereocenters. The van der Waals surface area contributed by atoms with E-state index in [-0.39, 0.29) is 28.9 Å². The number of hydrogen-bond acceptors (Lipinski definition) is 4. The fourth-order valence-corrected chi connectivity index (χ4v) is 4.85. The number of hydrogen-bond donors (Lipinski definition) is 2. The molecule has 0 aliphatic heterocycles. The van der Waals surface area contributed by atoms with Gasteiger partial charge in [0.15, 0.2) is 21.3 Å². The lowest BCUT2D eigenvalue weighted by Gasteiger charge is -2.12. The van der Waals surface area contributed by atoms with E-state index in [4.69, 9.17) is 5.73 Å². The van der Waals surface area contributed by atoms with Crippen molar-refractivity contribution in [2.75, 3.05) is 11.5 Å². The number of benzene rings is 2. The van der Waals surface area contributed by atoms with Crippen LogP contribution in [0.4, 0.5) is 18.9 Å². The molecule has 0 radical (unpaired) electrons. The molecule has 10 heteroatoms. The van der Waals surface area contributed by atoms with E-state index in [0.29, 0.717) is 5.52 Å². The summed E-state index contributed by atoms with van der Waals surface area (Å²) < 4.78 is 64.0. The molecule has 0 atom stereocenters. The molecule has 0 aliphatic rings. The van der Waals surface area contributed by atoms with Crippen LogP contribution in [0, 0.1) is 6.92 Å². The smallest absolute Gasteiger partial charge is 0.403 e. The fraction of sp³-hybridized carbons (Fsp3) is 0.211. The number of aromatic carboxylic acids is 1. The highest BCUT2D eigenvalue weighted by atomic mass is 32.2. The van der Waals surface area contributed by atoms with Crippen LogP contribution in [0.15, 0.2) is 47.4 Å². The van der Waals surface area contributed by atoms with Gasteiger partial charge in [0.25, 0.3) is 0 Å². The number of aromatic nitrogens is 1. The van der Waals surface area contributed by atoms with Crippen molar-refractivity contribution in [2.24, 2.45) is 0 Å². The van der Waals surface area contributed by atoms with Crippen LogP contribution in [0.25, 0.3) is 10.9 Å². The number of anilines is 1. The molecule has 29 heavy (non-hydrogen) atoms. The molecular formula is C19H17F3N2O4S. The topological polar surface area (TPSA) is 102 Å². The lowest BCUT2D eigenvalue weighted by Crippen LogP contribution is -2.23. The van der Waals surface area contributed by atoms with Gasteiger partial charge in [0.2, 0.25) is 0 Å². The van der Waals surface area contributed by atoms with Crippen LogP contribution in [-0.4, -0.2) is 36.0 Å². The molecule has 0 bridgehead atoms. The minimum absolute atomic E-state index is 0.0152. The van der Waals surface area contributed by atoms with Gasteiger partial charge < -0.3 is 15.4 Å². The van der Waals surface area contributed by atoms with Crippen LogP contribution in [-0.2, 0) is 16.4 Å². The zero-order valence-electron chi connectivity index (χ0n) is 15.2. The third-order valence-corrected chi connectivity index (χ3v) is 6.37. The number of carboxylic acid groups (broad SMARTS) is 1. The molecule has 2 aromatic carbocycles. The van der Waals surface area contributed by atoms with Gasteiger partial charge in [-0.25, -0.2) is 13.2 Å². The van der Waals surface area contributed by atoms with Crippen LogP contribution >= 0.6 is 0 Å². The molecule has 0 amide bonds. The maximum atomic E-state index is 12.7. The summed E-state index contributed by atoms with van der Waals surface area (Å²) in [4.78, 5) is 11.3. The van der Waals surface area contributed by atoms with E-state index >= 15 is 0 Å². The van der Waals surface area contributed by atoms with Crippen molar-refractivity contribution in [3.05, 3.63) is 59.3 Å². The average Bonchev–Trinajstić information content (AvgIpc) is 2.86. The maximum Gasteiger partial charge on any atom is 0.403 e. The standard InChI is InChI=1S/C19H17F3N2O4S/c1-11-14(29(27,28)10-19(20,21)22)8-7-13-15(11)16(23)17(18(25)26)24(13)9-12-5-3-2-4-6-12/h2-8H,9-10,23H2,1H3,(H,25,26). The second-order valence-corrected chi connectivity index (χ2v) is 8.55. The summed E-state index contributed by atoms with van der Waals surface area (Å²) in [6.45, 7) is 1.46. The van der Waals surface area contributed by atoms with Crippen LogP contribution in [0.1, 0.15) is 21.6 Å². The minimum Gasteiger partial charge on any atom is -0.477 e. The summed E-state index contributed by atoms with van der Waals surface area (Å²) in [6, 6.07) is 11.3. The second kappa shape index (κ2) is 7.11. The van der Waals surface area contributed by atoms with Crippen molar-refractivity contribution in [2.45, 2.75) is 24.5 Å². The lowest BCUT2D eigenvalue weighted by atomic mass is 10.1. The third-order valence-electron chi connectivity index (χ3n) is 4.55. The molecule has 154 valence electrons.